The third-order valence-corrected chi connectivity index (χ3v) is 5.03. The molecule has 0 spiro atoms. The van der Waals surface area contributed by atoms with Gasteiger partial charge in [0.15, 0.2) is 0 Å². The zero-order valence-electron chi connectivity index (χ0n) is 14.5. The van der Waals surface area contributed by atoms with E-state index in [9.17, 15) is 4.79 Å². The maximum atomic E-state index is 12.5. The van der Waals surface area contributed by atoms with Crippen LogP contribution >= 0.6 is 11.3 Å². The molecule has 2 heterocycles. The molecule has 2 aromatic rings. The summed E-state index contributed by atoms with van der Waals surface area (Å²) in [7, 11) is 0. The summed E-state index contributed by atoms with van der Waals surface area (Å²) >= 11 is 1.59. The molecular formula is C18H24N4O2S. The largest absolute Gasteiger partial charge is 0.380 e. The van der Waals surface area contributed by atoms with E-state index in [1.807, 2.05) is 41.5 Å². The van der Waals surface area contributed by atoms with Gasteiger partial charge in [-0.15, -0.1) is 11.3 Å². The number of benzene rings is 1. The van der Waals surface area contributed by atoms with E-state index in [0.29, 0.717) is 0 Å². The van der Waals surface area contributed by atoms with Crippen molar-refractivity contribution in [2.75, 3.05) is 51.3 Å². The van der Waals surface area contributed by atoms with Gasteiger partial charge in [0.1, 0.15) is 5.01 Å². The molecule has 1 aliphatic rings. The van der Waals surface area contributed by atoms with Crippen molar-refractivity contribution in [1.82, 2.24) is 14.8 Å². The number of carbonyl (C=O) groups excluding carboxylic acids is 1. The summed E-state index contributed by atoms with van der Waals surface area (Å²) in [6.45, 7) is 7.70. The molecule has 0 unspecified atom stereocenters. The zero-order valence-corrected chi connectivity index (χ0v) is 15.3. The van der Waals surface area contributed by atoms with Crippen molar-refractivity contribution in [3.8, 4) is 10.6 Å². The number of nitrogens with one attached hydrogen (secondary N) is 1. The minimum Gasteiger partial charge on any atom is -0.380 e. The van der Waals surface area contributed by atoms with Crippen molar-refractivity contribution in [1.29, 1.82) is 0 Å². The molecule has 1 fully saturated rings. The Kier molecular flexibility index (Phi) is 6.38. The molecule has 1 aliphatic heterocycles. The summed E-state index contributed by atoms with van der Waals surface area (Å²) in [5, 5.41) is 5.91. The van der Waals surface area contributed by atoms with Crippen LogP contribution in [0.15, 0.2) is 35.8 Å². The van der Waals surface area contributed by atoms with Gasteiger partial charge in [0.25, 0.3) is 0 Å². The number of hydrogen-bond acceptors (Lipinski definition) is 5. The molecule has 1 aromatic carbocycles. The molecule has 0 atom stereocenters. The normalized spacial score (nSPS) is 15.3. The monoisotopic (exact) mass is 360 g/mol. The number of anilines is 1. The first-order chi connectivity index (χ1) is 12.3. The summed E-state index contributed by atoms with van der Waals surface area (Å²) in [5.41, 5.74) is 1.82. The van der Waals surface area contributed by atoms with Crippen LogP contribution in [0, 0.1) is 0 Å². The van der Waals surface area contributed by atoms with E-state index in [4.69, 9.17) is 4.74 Å². The van der Waals surface area contributed by atoms with Gasteiger partial charge in [-0.2, -0.15) is 0 Å². The highest BCUT2D eigenvalue weighted by Gasteiger charge is 2.20. The highest BCUT2D eigenvalue weighted by atomic mass is 32.1. The van der Waals surface area contributed by atoms with Gasteiger partial charge in [-0.05, 0) is 19.1 Å². The molecule has 1 saturated heterocycles. The second-order valence-corrected chi connectivity index (χ2v) is 6.77. The number of amides is 2. The molecule has 134 valence electrons. The number of carbonyl (C=O) groups is 1. The van der Waals surface area contributed by atoms with Crippen molar-refractivity contribution in [2.24, 2.45) is 0 Å². The maximum absolute atomic E-state index is 12.5. The summed E-state index contributed by atoms with van der Waals surface area (Å²) in [4.78, 5) is 21.0. The van der Waals surface area contributed by atoms with E-state index in [1.54, 1.807) is 17.5 Å². The fraction of sp³-hybridized carbons (Fsp3) is 0.444. The molecule has 0 saturated carbocycles. The van der Waals surface area contributed by atoms with Crippen LogP contribution in [-0.4, -0.2) is 66.8 Å². The highest BCUT2D eigenvalue weighted by Crippen LogP contribution is 2.24. The van der Waals surface area contributed by atoms with E-state index in [0.717, 1.165) is 62.2 Å². The Morgan fingerprint density at radius 3 is 2.88 bits per heavy atom. The van der Waals surface area contributed by atoms with Crippen LogP contribution in [-0.2, 0) is 4.74 Å². The predicted molar refractivity (Wildman–Crippen MR) is 101 cm³/mol. The number of thiazole rings is 1. The second-order valence-electron chi connectivity index (χ2n) is 5.87. The summed E-state index contributed by atoms with van der Waals surface area (Å²) < 4.78 is 5.39. The van der Waals surface area contributed by atoms with E-state index in [2.05, 4.69) is 15.2 Å². The van der Waals surface area contributed by atoms with Gasteiger partial charge in [0.2, 0.25) is 0 Å². The SMILES string of the molecule is CCOCCN1CCN(C(=O)Nc2cccc(-c3nccs3)c2)CC1. The zero-order chi connectivity index (χ0) is 17.5. The van der Waals surface area contributed by atoms with E-state index < -0.39 is 0 Å². The Morgan fingerprint density at radius 2 is 2.16 bits per heavy atom. The lowest BCUT2D eigenvalue weighted by atomic mass is 10.2. The fourth-order valence-corrected chi connectivity index (χ4v) is 3.45. The molecule has 0 aliphatic carbocycles. The minimum absolute atomic E-state index is 0.0410. The van der Waals surface area contributed by atoms with E-state index in [1.165, 1.54) is 0 Å². The topological polar surface area (TPSA) is 57.7 Å². The number of piperazine rings is 1. The van der Waals surface area contributed by atoms with Crippen LogP contribution in [0.5, 0.6) is 0 Å². The quantitative estimate of drug-likeness (QED) is 0.805. The molecular weight excluding hydrogens is 336 g/mol. The standard InChI is InChI=1S/C18H24N4O2S/c1-2-24-12-11-21-7-9-22(10-8-21)18(23)20-16-5-3-4-15(14-16)17-19-6-13-25-17/h3-6,13-14H,2,7-12H2,1H3,(H,20,23). The van der Waals surface area contributed by atoms with E-state index in [-0.39, 0.29) is 6.03 Å². The van der Waals surface area contributed by atoms with Gasteiger partial charge in [-0.25, -0.2) is 9.78 Å². The number of ether oxygens (including phenoxy) is 1. The molecule has 25 heavy (non-hydrogen) atoms. The molecule has 3 rings (SSSR count). The Hall–Kier alpha value is -1.96. The van der Waals surface area contributed by atoms with Gasteiger partial charge in [-0.1, -0.05) is 12.1 Å². The summed E-state index contributed by atoms with van der Waals surface area (Å²) in [5.74, 6) is 0. The Morgan fingerprint density at radius 1 is 1.32 bits per heavy atom. The van der Waals surface area contributed by atoms with Crippen LogP contribution in [0.2, 0.25) is 0 Å². The molecule has 0 bridgehead atoms. The molecule has 0 radical (unpaired) electrons. The van der Waals surface area contributed by atoms with Crippen LogP contribution < -0.4 is 5.32 Å². The molecule has 1 N–H and O–H groups in total. The number of urea groups is 1. The van der Waals surface area contributed by atoms with Crippen molar-refractivity contribution >= 4 is 23.1 Å². The Labute approximate surface area is 152 Å². The van der Waals surface area contributed by atoms with Crippen LogP contribution in [0.25, 0.3) is 10.6 Å². The van der Waals surface area contributed by atoms with Gasteiger partial charge in [0, 0.05) is 62.2 Å². The third-order valence-electron chi connectivity index (χ3n) is 4.21. The van der Waals surface area contributed by atoms with Crippen LogP contribution in [0.1, 0.15) is 6.92 Å². The smallest absolute Gasteiger partial charge is 0.321 e. The Balaban J connectivity index is 1.51. The summed E-state index contributed by atoms with van der Waals surface area (Å²) in [6.07, 6.45) is 1.79. The lowest BCUT2D eigenvalue weighted by Crippen LogP contribution is -2.50. The van der Waals surface area contributed by atoms with Crippen molar-refractivity contribution in [2.45, 2.75) is 6.92 Å². The average molecular weight is 360 g/mol. The first kappa shape index (κ1) is 17.8. The number of nitrogens with zero attached hydrogens (tertiary/aromatic N) is 3. The second kappa shape index (κ2) is 8.94. The van der Waals surface area contributed by atoms with Crippen molar-refractivity contribution in [3.05, 3.63) is 35.8 Å². The van der Waals surface area contributed by atoms with Crippen molar-refractivity contribution in [3.63, 3.8) is 0 Å². The lowest BCUT2D eigenvalue weighted by Gasteiger charge is -2.34. The lowest BCUT2D eigenvalue weighted by molar-refractivity contribution is 0.0901. The molecule has 2 amide bonds. The summed E-state index contributed by atoms with van der Waals surface area (Å²) in [6, 6.07) is 7.78. The van der Waals surface area contributed by atoms with Crippen molar-refractivity contribution < 1.29 is 9.53 Å². The fourth-order valence-electron chi connectivity index (χ4n) is 2.81. The van der Waals surface area contributed by atoms with Crippen LogP contribution in [0.4, 0.5) is 10.5 Å². The first-order valence-electron chi connectivity index (χ1n) is 8.62. The van der Waals surface area contributed by atoms with Gasteiger partial charge in [0.05, 0.1) is 6.61 Å². The van der Waals surface area contributed by atoms with Gasteiger partial charge >= 0.3 is 6.03 Å². The number of rotatable bonds is 6. The molecule has 1 aromatic heterocycles. The maximum Gasteiger partial charge on any atom is 0.321 e. The Bertz CT molecular complexity index is 669. The third kappa shape index (κ3) is 5.01. The molecule has 6 nitrogen and oxygen atoms in total. The van der Waals surface area contributed by atoms with Gasteiger partial charge < -0.3 is 15.0 Å². The number of aromatic nitrogens is 1. The molecule has 7 heteroatoms. The predicted octanol–water partition coefficient (Wildman–Crippen LogP) is 3.00. The van der Waals surface area contributed by atoms with Crippen LogP contribution in [0.3, 0.4) is 0 Å². The number of hydrogen-bond donors (Lipinski definition) is 1. The van der Waals surface area contributed by atoms with Gasteiger partial charge in [-0.3, -0.25) is 4.90 Å². The van der Waals surface area contributed by atoms with E-state index >= 15 is 0 Å². The first-order valence-corrected chi connectivity index (χ1v) is 9.50. The minimum atomic E-state index is -0.0410. The highest BCUT2D eigenvalue weighted by molar-refractivity contribution is 7.13. The average Bonchev–Trinajstić information content (AvgIpc) is 3.17.